The summed E-state index contributed by atoms with van der Waals surface area (Å²) < 4.78 is 5.10. The van der Waals surface area contributed by atoms with E-state index in [1.54, 1.807) is 25.3 Å². The van der Waals surface area contributed by atoms with Gasteiger partial charge in [0.1, 0.15) is 17.3 Å². The van der Waals surface area contributed by atoms with Gasteiger partial charge in [-0.1, -0.05) is 30.3 Å². The molecule has 3 heteroatoms. The number of Topliss-reactive ketones (excluding diaryl/α,β-unsaturated/α-hetero) is 1. The van der Waals surface area contributed by atoms with E-state index in [1.165, 1.54) is 0 Å². The number of aromatic hydroxyl groups is 1. The van der Waals surface area contributed by atoms with Gasteiger partial charge < -0.3 is 9.84 Å². The van der Waals surface area contributed by atoms with Crippen LogP contribution in [0.25, 0.3) is 0 Å². The van der Waals surface area contributed by atoms with Gasteiger partial charge in [0.05, 0.1) is 7.11 Å². The number of phenols is 1. The fourth-order valence-corrected chi connectivity index (χ4v) is 2.06. The van der Waals surface area contributed by atoms with Crippen LogP contribution < -0.4 is 4.74 Å². The summed E-state index contributed by atoms with van der Waals surface area (Å²) in [4.78, 5) is 12.0. The van der Waals surface area contributed by atoms with Crippen molar-refractivity contribution in [3.8, 4) is 11.5 Å². The molecule has 2 aromatic rings. The lowest BCUT2D eigenvalue weighted by Gasteiger charge is -2.07. The number of aryl methyl sites for hydroxylation is 1. The highest BCUT2D eigenvalue weighted by Gasteiger charge is 2.09. The molecule has 0 aromatic heterocycles. The zero-order valence-electron chi connectivity index (χ0n) is 11.5. The van der Waals surface area contributed by atoms with Gasteiger partial charge in [0.15, 0.2) is 0 Å². The predicted octanol–water partition coefficient (Wildman–Crippen LogP) is 3.15. The average Bonchev–Trinajstić information content (AvgIpc) is 2.48. The predicted molar refractivity (Wildman–Crippen MR) is 78.1 cm³/mol. The normalized spacial score (nSPS) is 10.2. The molecule has 0 aliphatic rings. The summed E-state index contributed by atoms with van der Waals surface area (Å²) in [6.07, 6.45) is 1.43. The van der Waals surface area contributed by atoms with Gasteiger partial charge in [-0.3, -0.25) is 4.79 Å². The van der Waals surface area contributed by atoms with Gasteiger partial charge in [0.25, 0.3) is 0 Å². The first kappa shape index (κ1) is 14.1. The summed E-state index contributed by atoms with van der Waals surface area (Å²) in [5, 5.41) is 9.76. The van der Waals surface area contributed by atoms with Gasteiger partial charge in [-0.15, -0.1) is 0 Å². The summed E-state index contributed by atoms with van der Waals surface area (Å²) in [5.74, 6) is 0.893. The Bertz CT molecular complexity index is 576. The number of ketones is 1. The number of benzene rings is 2. The second-order valence-electron chi connectivity index (χ2n) is 4.70. The Kier molecular flexibility index (Phi) is 4.77. The number of ether oxygens (including phenoxy) is 1. The molecule has 0 heterocycles. The number of carbonyl (C=O) groups excluding carboxylic acids is 1. The average molecular weight is 270 g/mol. The van der Waals surface area contributed by atoms with Gasteiger partial charge in [-0.2, -0.15) is 0 Å². The lowest BCUT2D eigenvalue weighted by atomic mass is 10.0. The van der Waals surface area contributed by atoms with E-state index >= 15 is 0 Å². The van der Waals surface area contributed by atoms with Crippen LogP contribution in [-0.2, 0) is 17.6 Å². The highest BCUT2D eigenvalue weighted by atomic mass is 16.5. The molecule has 0 bridgehead atoms. The minimum Gasteiger partial charge on any atom is -0.508 e. The molecule has 0 saturated heterocycles. The molecule has 20 heavy (non-hydrogen) atoms. The van der Waals surface area contributed by atoms with Crippen molar-refractivity contribution >= 4 is 5.78 Å². The molecule has 0 spiro atoms. The first-order valence-electron chi connectivity index (χ1n) is 6.60. The molecule has 0 atom stereocenters. The van der Waals surface area contributed by atoms with E-state index < -0.39 is 0 Å². The van der Waals surface area contributed by atoms with Crippen LogP contribution in [0.4, 0.5) is 0 Å². The van der Waals surface area contributed by atoms with Crippen molar-refractivity contribution in [2.45, 2.75) is 19.3 Å². The number of carbonyl (C=O) groups is 1. The maximum atomic E-state index is 12.0. The van der Waals surface area contributed by atoms with Crippen LogP contribution in [0.2, 0.25) is 0 Å². The number of methoxy groups -OCH3 is 1. The van der Waals surface area contributed by atoms with Gasteiger partial charge in [-0.25, -0.2) is 0 Å². The molecule has 0 radical (unpaired) electrons. The molecule has 2 rings (SSSR count). The smallest absolute Gasteiger partial charge is 0.137 e. The maximum Gasteiger partial charge on any atom is 0.137 e. The number of rotatable bonds is 6. The largest absolute Gasteiger partial charge is 0.508 e. The van der Waals surface area contributed by atoms with Crippen molar-refractivity contribution in [3.63, 3.8) is 0 Å². The highest BCUT2D eigenvalue weighted by Crippen LogP contribution is 2.23. The molecule has 0 amide bonds. The van der Waals surface area contributed by atoms with Crippen molar-refractivity contribution < 1.29 is 14.6 Å². The summed E-state index contributed by atoms with van der Waals surface area (Å²) >= 11 is 0. The topological polar surface area (TPSA) is 46.5 Å². The van der Waals surface area contributed by atoms with Crippen LogP contribution in [-0.4, -0.2) is 18.0 Å². The summed E-state index contributed by atoms with van der Waals surface area (Å²) in [7, 11) is 1.56. The van der Waals surface area contributed by atoms with Crippen molar-refractivity contribution in [2.24, 2.45) is 0 Å². The third kappa shape index (κ3) is 3.85. The Labute approximate surface area is 118 Å². The van der Waals surface area contributed by atoms with E-state index in [0.717, 1.165) is 12.0 Å². The minimum absolute atomic E-state index is 0.109. The maximum absolute atomic E-state index is 12.0. The second kappa shape index (κ2) is 6.75. The van der Waals surface area contributed by atoms with Crippen molar-refractivity contribution in [1.29, 1.82) is 0 Å². The molecule has 2 aromatic carbocycles. The Morgan fingerprint density at radius 1 is 1.15 bits per heavy atom. The van der Waals surface area contributed by atoms with Gasteiger partial charge >= 0.3 is 0 Å². The van der Waals surface area contributed by atoms with Crippen molar-refractivity contribution in [3.05, 3.63) is 59.7 Å². The molecular weight excluding hydrogens is 252 g/mol. The number of hydrogen-bond donors (Lipinski definition) is 1. The SMILES string of the molecule is COc1ccc(O)c(CC(=O)CCc2ccccc2)c1. The molecule has 104 valence electrons. The fourth-order valence-electron chi connectivity index (χ4n) is 2.06. The summed E-state index contributed by atoms with van der Waals surface area (Å²) in [5.41, 5.74) is 1.76. The Balaban J connectivity index is 1.94. The van der Waals surface area contributed by atoms with Crippen LogP contribution in [0.3, 0.4) is 0 Å². The molecule has 0 saturated carbocycles. The van der Waals surface area contributed by atoms with Crippen molar-refractivity contribution in [2.75, 3.05) is 7.11 Å². The molecule has 3 nitrogen and oxygen atoms in total. The Morgan fingerprint density at radius 3 is 2.60 bits per heavy atom. The zero-order valence-corrected chi connectivity index (χ0v) is 11.5. The van der Waals surface area contributed by atoms with E-state index in [2.05, 4.69) is 0 Å². The van der Waals surface area contributed by atoms with Crippen LogP contribution in [0.5, 0.6) is 11.5 Å². The first-order chi connectivity index (χ1) is 9.69. The molecule has 0 aliphatic heterocycles. The number of phenolic OH excluding ortho intramolecular Hbond substituents is 1. The lowest BCUT2D eigenvalue weighted by molar-refractivity contribution is -0.118. The quantitative estimate of drug-likeness (QED) is 0.877. The number of hydrogen-bond acceptors (Lipinski definition) is 3. The third-order valence-electron chi connectivity index (χ3n) is 3.21. The van der Waals surface area contributed by atoms with E-state index in [1.807, 2.05) is 30.3 Å². The molecular formula is C17H18O3. The Hall–Kier alpha value is -2.29. The van der Waals surface area contributed by atoms with Crippen LogP contribution in [0.1, 0.15) is 17.5 Å². The zero-order chi connectivity index (χ0) is 14.4. The Morgan fingerprint density at radius 2 is 1.90 bits per heavy atom. The first-order valence-corrected chi connectivity index (χ1v) is 6.60. The summed E-state index contributed by atoms with van der Waals surface area (Å²) in [6, 6.07) is 14.8. The molecule has 0 fully saturated rings. The van der Waals surface area contributed by atoms with Gasteiger partial charge in [-0.05, 0) is 30.2 Å². The van der Waals surface area contributed by atoms with Gasteiger partial charge in [0, 0.05) is 18.4 Å². The minimum atomic E-state index is 0.109. The van der Waals surface area contributed by atoms with E-state index in [0.29, 0.717) is 17.7 Å². The van der Waals surface area contributed by atoms with Crippen LogP contribution >= 0.6 is 0 Å². The van der Waals surface area contributed by atoms with Crippen molar-refractivity contribution in [1.82, 2.24) is 0 Å². The van der Waals surface area contributed by atoms with Crippen LogP contribution in [0, 0.1) is 0 Å². The lowest BCUT2D eigenvalue weighted by Crippen LogP contribution is -2.04. The van der Waals surface area contributed by atoms with E-state index in [4.69, 9.17) is 4.74 Å². The van der Waals surface area contributed by atoms with Gasteiger partial charge in [0.2, 0.25) is 0 Å². The summed E-state index contributed by atoms with van der Waals surface area (Å²) in [6.45, 7) is 0. The molecule has 1 N–H and O–H groups in total. The highest BCUT2D eigenvalue weighted by molar-refractivity contribution is 5.81. The monoisotopic (exact) mass is 270 g/mol. The van der Waals surface area contributed by atoms with E-state index in [-0.39, 0.29) is 18.0 Å². The second-order valence-corrected chi connectivity index (χ2v) is 4.70. The van der Waals surface area contributed by atoms with E-state index in [9.17, 15) is 9.90 Å². The van der Waals surface area contributed by atoms with Crippen LogP contribution in [0.15, 0.2) is 48.5 Å². The standard InChI is InChI=1S/C17H18O3/c1-20-16-9-10-17(19)14(12-16)11-15(18)8-7-13-5-3-2-4-6-13/h2-6,9-10,12,19H,7-8,11H2,1H3. The molecule has 0 aliphatic carbocycles. The molecule has 0 unspecified atom stereocenters. The third-order valence-corrected chi connectivity index (χ3v) is 3.21. The fraction of sp³-hybridized carbons (Fsp3) is 0.235.